The topological polar surface area (TPSA) is 62.5 Å². The number of aromatic carboxylic acids is 1. The molecule has 0 atom stereocenters. The number of rotatable bonds is 4. The summed E-state index contributed by atoms with van der Waals surface area (Å²) in [5.74, 6) is -0.644. The average molecular weight is 247 g/mol. The van der Waals surface area contributed by atoms with E-state index in [9.17, 15) is 9.90 Å². The van der Waals surface area contributed by atoms with Crippen molar-refractivity contribution in [3.8, 4) is 0 Å². The first-order valence-corrected chi connectivity index (χ1v) is 6.01. The Morgan fingerprint density at radius 2 is 2.11 bits per heavy atom. The lowest BCUT2D eigenvalue weighted by Gasteiger charge is -2.10. The van der Waals surface area contributed by atoms with Gasteiger partial charge in [0.1, 0.15) is 0 Å². The fourth-order valence-corrected chi connectivity index (χ4v) is 2.16. The van der Waals surface area contributed by atoms with Gasteiger partial charge in [-0.1, -0.05) is 13.8 Å². The molecule has 0 radical (unpaired) electrons. The molecule has 0 saturated carbocycles. The Kier molecular flexibility index (Phi) is 3.39. The number of hydrogen-bond acceptors (Lipinski definition) is 2. The lowest BCUT2D eigenvalue weighted by Crippen LogP contribution is -2.06. The van der Waals surface area contributed by atoms with Gasteiger partial charge in [-0.3, -0.25) is 0 Å². The van der Waals surface area contributed by atoms with Crippen LogP contribution in [-0.4, -0.2) is 27.4 Å². The van der Waals surface area contributed by atoms with Gasteiger partial charge in [0.05, 0.1) is 17.7 Å². The Morgan fingerprint density at radius 1 is 1.39 bits per heavy atom. The van der Waals surface area contributed by atoms with E-state index >= 15 is 0 Å². The highest BCUT2D eigenvalue weighted by Gasteiger charge is 2.15. The lowest BCUT2D eigenvalue weighted by molar-refractivity contribution is 0.0698. The molecule has 18 heavy (non-hydrogen) atoms. The van der Waals surface area contributed by atoms with E-state index in [4.69, 9.17) is 5.11 Å². The Balaban J connectivity index is 2.71. The van der Waals surface area contributed by atoms with E-state index in [1.54, 1.807) is 10.6 Å². The molecule has 0 bridgehead atoms. The van der Waals surface area contributed by atoms with Crippen LogP contribution in [0.4, 0.5) is 0 Å². The van der Waals surface area contributed by atoms with Crippen molar-refractivity contribution in [2.24, 2.45) is 0 Å². The molecular formula is C14H17NO3. The van der Waals surface area contributed by atoms with Gasteiger partial charge < -0.3 is 14.8 Å². The molecule has 1 heterocycles. The molecule has 0 fully saturated rings. The van der Waals surface area contributed by atoms with Crippen LogP contribution in [0.2, 0.25) is 0 Å². The number of carboxylic acid groups (broad SMARTS) is 1. The monoisotopic (exact) mass is 247 g/mol. The third kappa shape index (κ3) is 2.11. The van der Waals surface area contributed by atoms with Crippen LogP contribution in [0.1, 0.15) is 35.7 Å². The van der Waals surface area contributed by atoms with Crippen molar-refractivity contribution >= 4 is 16.9 Å². The van der Waals surface area contributed by atoms with Crippen LogP contribution in [0, 0.1) is 0 Å². The van der Waals surface area contributed by atoms with Gasteiger partial charge in [0, 0.05) is 18.1 Å². The van der Waals surface area contributed by atoms with Gasteiger partial charge in [-0.2, -0.15) is 0 Å². The highest BCUT2D eigenvalue weighted by Crippen LogP contribution is 2.26. The molecule has 0 aliphatic rings. The minimum absolute atomic E-state index is 0.00519. The second-order valence-corrected chi connectivity index (χ2v) is 4.70. The lowest BCUT2D eigenvalue weighted by atomic mass is 9.98. The minimum atomic E-state index is -0.930. The molecule has 0 saturated heterocycles. The van der Waals surface area contributed by atoms with Crippen LogP contribution >= 0.6 is 0 Å². The minimum Gasteiger partial charge on any atom is -0.478 e. The SMILES string of the molecule is CC(C)c1cc(C(=O)O)c2c(ccn2CCO)c1. The predicted octanol–water partition coefficient (Wildman–Crippen LogP) is 2.46. The highest BCUT2D eigenvalue weighted by molar-refractivity contribution is 6.02. The standard InChI is InChI=1S/C14H17NO3/c1-9(2)11-7-10-3-4-15(5-6-16)13(10)12(8-11)14(17)18/h3-4,7-9,16H,5-6H2,1-2H3,(H,17,18). The third-order valence-electron chi connectivity index (χ3n) is 3.12. The summed E-state index contributed by atoms with van der Waals surface area (Å²) < 4.78 is 1.78. The zero-order valence-corrected chi connectivity index (χ0v) is 10.6. The first kappa shape index (κ1) is 12.6. The summed E-state index contributed by atoms with van der Waals surface area (Å²) in [6.45, 7) is 4.48. The van der Waals surface area contributed by atoms with Crippen LogP contribution in [0.3, 0.4) is 0 Å². The zero-order valence-electron chi connectivity index (χ0n) is 10.6. The number of aliphatic hydroxyl groups is 1. The molecule has 1 aromatic carbocycles. The van der Waals surface area contributed by atoms with Crippen LogP contribution in [-0.2, 0) is 6.54 Å². The Morgan fingerprint density at radius 3 is 2.67 bits per heavy atom. The van der Waals surface area contributed by atoms with Crippen molar-refractivity contribution in [2.45, 2.75) is 26.3 Å². The summed E-state index contributed by atoms with van der Waals surface area (Å²) >= 11 is 0. The first-order valence-electron chi connectivity index (χ1n) is 6.01. The number of carbonyl (C=O) groups is 1. The van der Waals surface area contributed by atoms with Crippen molar-refractivity contribution in [3.05, 3.63) is 35.5 Å². The largest absolute Gasteiger partial charge is 0.478 e. The van der Waals surface area contributed by atoms with E-state index in [0.29, 0.717) is 17.6 Å². The van der Waals surface area contributed by atoms with Gasteiger partial charge in [-0.25, -0.2) is 4.79 Å². The number of benzene rings is 1. The maximum absolute atomic E-state index is 11.4. The van der Waals surface area contributed by atoms with E-state index in [1.165, 1.54) is 0 Å². The number of hydrogen-bond donors (Lipinski definition) is 2. The summed E-state index contributed by atoms with van der Waals surface area (Å²) in [4.78, 5) is 11.4. The van der Waals surface area contributed by atoms with E-state index in [1.807, 2.05) is 32.2 Å². The van der Waals surface area contributed by atoms with E-state index < -0.39 is 5.97 Å². The number of carboxylic acids is 1. The molecule has 2 N–H and O–H groups in total. The van der Waals surface area contributed by atoms with Crippen LogP contribution in [0.15, 0.2) is 24.4 Å². The smallest absolute Gasteiger partial charge is 0.337 e. The normalized spacial score (nSPS) is 11.3. The van der Waals surface area contributed by atoms with Gasteiger partial charge in [0.25, 0.3) is 0 Å². The molecule has 2 aromatic rings. The van der Waals surface area contributed by atoms with E-state index in [-0.39, 0.29) is 12.5 Å². The second kappa shape index (κ2) is 4.82. The molecule has 1 aromatic heterocycles. The van der Waals surface area contributed by atoms with Crippen molar-refractivity contribution < 1.29 is 15.0 Å². The number of fused-ring (bicyclic) bond motifs is 1. The fraction of sp³-hybridized carbons (Fsp3) is 0.357. The van der Waals surface area contributed by atoms with Gasteiger partial charge in [0.2, 0.25) is 0 Å². The van der Waals surface area contributed by atoms with Crippen LogP contribution < -0.4 is 0 Å². The highest BCUT2D eigenvalue weighted by atomic mass is 16.4. The van der Waals surface area contributed by atoms with Crippen molar-refractivity contribution in [2.75, 3.05) is 6.61 Å². The zero-order chi connectivity index (χ0) is 13.3. The molecule has 0 spiro atoms. The summed E-state index contributed by atoms with van der Waals surface area (Å²) in [5.41, 5.74) is 2.00. The summed E-state index contributed by atoms with van der Waals surface area (Å²) in [7, 11) is 0. The quantitative estimate of drug-likeness (QED) is 0.872. The molecule has 4 nitrogen and oxygen atoms in total. The van der Waals surface area contributed by atoms with Gasteiger partial charge in [0.15, 0.2) is 0 Å². The third-order valence-corrected chi connectivity index (χ3v) is 3.12. The molecule has 0 unspecified atom stereocenters. The summed E-state index contributed by atoms with van der Waals surface area (Å²) in [6, 6.07) is 5.63. The molecule has 96 valence electrons. The number of aliphatic hydroxyl groups excluding tert-OH is 1. The Bertz CT molecular complexity index is 584. The van der Waals surface area contributed by atoms with Crippen molar-refractivity contribution in [3.63, 3.8) is 0 Å². The Labute approximate surface area is 105 Å². The summed E-state index contributed by atoms with van der Waals surface area (Å²) in [5, 5.41) is 19.2. The second-order valence-electron chi connectivity index (χ2n) is 4.70. The number of nitrogens with zero attached hydrogens (tertiary/aromatic N) is 1. The molecule has 4 heteroatoms. The molecule has 2 rings (SSSR count). The number of aromatic nitrogens is 1. The fourth-order valence-electron chi connectivity index (χ4n) is 2.16. The molecule has 0 aliphatic heterocycles. The van der Waals surface area contributed by atoms with Crippen LogP contribution in [0.25, 0.3) is 10.9 Å². The average Bonchev–Trinajstić information content (AvgIpc) is 2.71. The molecular weight excluding hydrogens is 230 g/mol. The van der Waals surface area contributed by atoms with E-state index in [0.717, 1.165) is 10.9 Å². The maximum Gasteiger partial charge on any atom is 0.337 e. The van der Waals surface area contributed by atoms with Crippen LogP contribution in [0.5, 0.6) is 0 Å². The molecule has 0 amide bonds. The first-order chi connectivity index (χ1) is 8.54. The van der Waals surface area contributed by atoms with Crippen molar-refractivity contribution in [1.82, 2.24) is 4.57 Å². The molecule has 0 aliphatic carbocycles. The predicted molar refractivity (Wildman–Crippen MR) is 70.1 cm³/mol. The maximum atomic E-state index is 11.4. The van der Waals surface area contributed by atoms with Gasteiger partial charge in [-0.05, 0) is 29.7 Å². The summed E-state index contributed by atoms with van der Waals surface area (Å²) in [6.07, 6.45) is 1.82. The Hall–Kier alpha value is -1.81. The van der Waals surface area contributed by atoms with Gasteiger partial charge in [-0.15, -0.1) is 0 Å². The van der Waals surface area contributed by atoms with E-state index in [2.05, 4.69) is 0 Å². The van der Waals surface area contributed by atoms with Crippen molar-refractivity contribution in [1.29, 1.82) is 0 Å². The van der Waals surface area contributed by atoms with Gasteiger partial charge >= 0.3 is 5.97 Å².